The van der Waals surface area contributed by atoms with Crippen LogP contribution in [0.4, 0.5) is 0 Å². The summed E-state index contributed by atoms with van der Waals surface area (Å²) in [4.78, 5) is 44.9. The van der Waals surface area contributed by atoms with Gasteiger partial charge < -0.3 is 24.7 Å². The van der Waals surface area contributed by atoms with E-state index in [-0.39, 0.29) is 24.5 Å². The maximum atomic E-state index is 14.7. The van der Waals surface area contributed by atoms with Crippen molar-refractivity contribution in [3.05, 3.63) is 48.6 Å². The summed E-state index contributed by atoms with van der Waals surface area (Å²) in [5.41, 5.74) is -1.36. The van der Waals surface area contributed by atoms with Crippen molar-refractivity contribution in [2.75, 3.05) is 13.2 Å². The molecule has 0 aromatic heterocycles. The fourth-order valence-electron chi connectivity index (χ4n) is 7.97. The van der Waals surface area contributed by atoms with Crippen molar-refractivity contribution in [3.63, 3.8) is 0 Å². The minimum atomic E-state index is -1.25. The average Bonchev–Trinajstić information content (AvgIpc) is 3.43. The first-order chi connectivity index (χ1) is 18.2. The number of aliphatic hydroxyl groups excluding tert-OH is 1. The van der Waals surface area contributed by atoms with E-state index in [9.17, 15) is 24.6 Å². The van der Waals surface area contributed by atoms with Gasteiger partial charge in [0.2, 0.25) is 11.8 Å². The molecule has 1 aromatic carbocycles. The highest BCUT2D eigenvalue weighted by Gasteiger charge is 2.80. The molecule has 0 radical (unpaired) electrons. The second-order valence-electron chi connectivity index (χ2n) is 11.9. The summed E-state index contributed by atoms with van der Waals surface area (Å²) in [7, 11) is 0. The van der Waals surface area contributed by atoms with Crippen LogP contribution in [0.3, 0.4) is 0 Å². The molecule has 38 heavy (non-hydrogen) atoms. The second-order valence-corrected chi connectivity index (χ2v) is 11.9. The Bertz CT molecular complexity index is 1090. The van der Waals surface area contributed by atoms with Crippen LogP contribution in [0.2, 0.25) is 0 Å². The van der Waals surface area contributed by atoms with Crippen molar-refractivity contribution in [3.8, 4) is 0 Å². The Labute approximate surface area is 224 Å². The highest BCUT2D eigenvalue weighted by molar-refractivity contribution is 5.98. The molecule has 1 aromatic rings. The van der Waals surface area contributed by atoms with Crippen molar-refractivity contribution in [2.24, 2.45) is 17.8 Å². The van der Waals surface area contributed by atoms with Crippen LogP contribution in [0.1, 0.15) is 57.9 Å². The predicted octanol–water partition coefficient (Wildman–Crippen LogP) is 3.03. The monoisotopic (exact) mass is 524 g/mol. The van der Waals surface area contributed by atoms with Gasteiger partial charge in [0.25, 0.3) is 0 Å². The van der Waals surface area contributed by atoms with Gasteiger partial charge in [0.15, 0.2) is 0 Å². The first-order valence-electron chi connectivity index (χ1n) is 14.0. The van der Waals surface area contributed by atoms with Crippen LogP contribution in [0.25, 0.3) is 0 Å². The summed E-state index contributed by atoms with van der Waals surface area (Å²) in [5.74, 6) is -3.88. The zero-order chi connectivity index (χ0) is 27.2. The quantitative estimate of drug-likeness (QED) is 0.481. The smallest absolute Gasteiger partial charge is 0.310 e. The minimum absolute atomic E-state index is 0.0326. The molecule has 1 aliphatic carbocycles. The van der Waals surface area contributed by atoms with Gasteiger partial charge in [-0.15, -0.1) is 6.58 Å². The van der Waals surface area contributed by atoms with Gasteiger partial charge in [-0.1, -0.05) is 62.6 Å². The number of hydrogen-bond donors (Lipinski definition) is 2. The van der Waals surface area contributed by atoms with Crippen LogP contribution in [0.5, 0.6) is 0 Å². The Morgan fingerprint density at radius 3 is 2.53 bits per heavy atom. The first-order valence-corrected chi connectivity index (χ1v) is 14.0. The third-order valence-corrected chi connectivity index (χ3v) is 9.80. The molecule has 2 N–H and O–H groups in total. The molecular formula is C30H40N2O6. The maximum Gasteiger partial charge on any atom is 0.310 e. The number of carbonyl (C=O) groups is 3. The molecular weight excluding hydrogens is 484 g/mol. The molecule has 1 spiro atoms. The Morgan fingerprint density at radius 2 is 1.92 bits per heavy atom. The van der Waals surface area contributed by atoms with Crippen molar-refractivity contribution in [1.29, 1.82) is 0 Å². The van der Waals surface area contributed by atoms with Crippen LogP contribution < -0.4 is 0 Å². The number of carbonyl (C=O) groups excluding carboxylic acids is 2. The molecule has 5 rings (SSSR count). The normalized spacial score (nSPS) is 35.2. The fraction of sp³-hybridized carbons (Fsp3) is 0.633. The third kappa shape index (κ3) is 3.99. The van der Waals surface area contributed by atoms with Gasteiger partial charge >= 0.3 is 5.97 Å². The molecule has 4 fully saturated rings. The Kier molecular flexibility index (Phi) is 7.16. The summed E-state index contributed by atoms with van der Waals surface area (Å²) in [6.45, 7) is 7.62. The van der Waals surface area contributed by atoms with Crippen LogP contribution in [0, 0.1) is 17.8 Å². The summed E-state index contributed by atoms with van der Waals surface area (Å²) in [5, 5.41) is 20.9. The van der Waals surface area contributed by atoms with E-state index < -0.39 is 47.0 Å². The van der Waals surface area contributed by atoms with Crippen molar-refractivity contribution < 1.29 is 29.3 Å². The summed E-state index contributed by atoms with van der Waals surface area (Å²) in [6.07, 6.45) is 7.47. The van der Waals surface area contributed by atoms with Crippen molar-refractivity contribution in [2.45, 2.75) is 88.1 Å². The van der Waals surface area contributed by atoms with Crippen molar-refractivity contribution >= 4 is 17.8 Å². The largest absolute Gasteiger partial charge is 0.481 e. The van der Waals surface area contributed by atoms with E-state index in [1.807, 2.05) is 42.2 Å². The van der Waals surface area contributed by atoms with Gasteiger partial charge in [0.05, 0.1) is 24.2 Å². The second kappa shape index (κ2) is 10.1. The molecule has 8 nitrogen and oxygen atoms in total. The number of amides is 2. The molecule has 4 aliphatic rings. The lowest BCUT2D eigenvalue weighted by molar-refractivity contribution is -0.161. The van der Waals surface area contributed by atoms with Gasteiger partial charge in [-0.3, -0.25) is 14.4 Å². The SMILES string of the molecule is C=CCN(C(=O)C1N([C@@H](CO)Cc2ccccc2)C(=O)[C@@H]2[C@H](C(=O)O)[C@@]3(C)OC12CC3C)C1CCCCC1. The van der Waals surface area contributed by atoms with Crippen LogP contribution >= 0.6 is 0 Å². The van der Waals surface area contributed by atoms with Crippen LogP contribution in [-0.4, -0.2) is 80.3 Å². The van der Waals surface area contributed by atoms with E-state index >= 15 is 0 Å². The van der Waals surface area contributed by atoms with E-state index in [1.54, 1.807) is 13.0 Å². The number of aliphatic hydroxyl groups is 1. The highest BCUT2D eigenvalue weighted by Crippen LogP contribution is 2.65. The molecule has 1 saturated carbocycles. The molecule has 3 unspecified atom stereocenters. The third-order valence-electron chi connectivity index (χ3n) is 9.80. The minimum Gasteiger partial charge on any atom is -0.481 e. The van der Waals surface area contributed by atoms with Crippen LogP contribution in [-0.2, 0) is 25.5 Å². The van der Waals surface area contributed by atoms with Gasteiger partial charge in [0.1, 0.15) is 17.6 Å². The van der Waals surface area contributed by atoms with E-state index in [1.165, 1.54) is 4.90 Å². The number of fused-ring (bicyclic) bond motifs is 1. The lowest BCUT2D eigenvalue weighted by atomic mass is 9.62. The summed E-state index contributed by atoms with van der Waals surface area (Å²) in [6, 6.07) is 7.89. The molecule has 8 heteroatoms. The number of likely N-dealkylation sites (tertiary alicyclic amines) is 1. The Morgan fingerprint density at radius 1 is 1.24 bits per heavy atom. The number of benzene rings is 1. The summed E-state index contributed by atoms with van der Waals surface area (Å²) < 4.78 is 6.65. The highest BCUT2D eigenvalue weighted by atomic mass is 16.5. The fourth-order valence-corrected chi connectivity index (χ4v) is 7.97. The number of aliphatic carboxylic acids is 1. The lowest BCUT2D eigenvalue weighted by Crippen LogP contribution is -2.60. The molecule has 3 heterocycles. The molecule has 2 amide bonds. The standard InChI is InChI=1S/C30H40N2O6/c1-4-15-31(21-13-9-6-10-14-21)27(35)25-30-17-19(2)29(3,38-30)24(28(36)37)23(30)26(34)32(25)22(18-33)16-20-11-7-5-8-12-20/h4-5,7-8,11-12,19,21-25,33H,1,6,9-10,13-18H2,2-3H3,(H,36,37)/t19?,22-,23+,24-,25?,29+,30?/m1/s1. The number of carboxylic acids is 1. The topological polar surface area (TPSA) is 107 Å². The number of nitrogens with zero attached hydrogens (tertiary/aromatic N) is 2. The number of ether oxygens (including phenoxy) is 1. The molecule has 3 saturated heterocycles. The molecule has 7 atom stereocenters. The number of rotatable bonds is 9. The Hall–Kier alpha value is -2.71. The van der Waals surface area contributed by atoms with Gasteiger partial charge in [0, 0.05) is 12.6 Å². The van der Waals surface area contributed by atoms with E-state index in [2.05, 4.69) is 6.58 Å². The molecule has 3 aliphatic heterocycles. The van der Waals surface area contributed by atoms with Crippen LogP contribution in [0.15, 0.2) is 43.0 Å². The molecule has 206 valence electrons. The maximum absolute atomic E-state index is 14.7. The van der Waals surface area contributed by atoms with E-state index in [0.29, 0.717) is 19.4 Å². The van der Waals surface area contributed by atoms with E-state index in [0.717, 1.165) is 37.7 Å². The van der Waals surface area contributed by atoms with E-state index in [4.69, 9.17) is 4.74 Å². The van der Waals surface area contributed by atoms with Gasteiger partial charge in [-0.25, -0.2) is 0 Å². The number of hydrogen-bond acceptors (Lipinski definition) is 5. The first kappa shape index (κ1) is 26.9. The van der Waals surface area contributed by atoms with Crippen molar-refractivity contribution in [1.82, 2.24) is 9.80 Å². The summed E-state index contributed by atoms with van der Waals surface area (Å²) >= 11 is 0. The number of carboxylic acid groups (broad SMARTS) is 1. The predicted molar refractivity (Wildman–Crippen MR) is 141 cm³/mol. The Balaban J connectivity index is 1.61. The average molecular weight is 525 g/mol. The zero-order valence-corrected chi connectivity index (χ0v) is 22.4. The lowest BCUT2D eigenvalue weighted by Gasteiger charge is -2.42. The molecule has 2 bridgehead atoms. The van der Waals surface area contributed by atoms with Gasteiger partial charge in [-0.2, -0.15) is 0 Å². The zero-order valence-electron chi connectivity index (χ0n) is 22.4. The van der Waals surface area contributed by atoms with Gasteiger partial charge in [-0.05, 0) is 44.1 Å².